The molecule has 0 bridgehead atoms. The summed E-state index contributed by atoms with van der Waals surface area (Å²) in [4.78, 5) is 14.3. The Morgan fingerprint density at radius 1 is 1.41 bits per heavy atom. The number of benzene rings is 1. The summed E-state index contributed by atoms with van der Waals surface area (Å²) in [6.45, 7) is 3.91. The molecule has 7 nitrogen and oxygen atoms in total. The van der Waals surface area contributed by atoms with Crippen LogP contribution in [0, 0.1) is 0 Å². The average molecular weight is 427 g/mol. The zero-order chi connectivity index (χ0) is 19.4. The van der Waals surface area contributed by atoms with Crippen molar-refractivity contribution >= 4 is 55.6 Å². The van der Waals surface area contributed by atoms with Gasteiger partial charge in [0.25, 0.3) is 5.01 Å². The number of fused-ring (bicyclic) bond motifs is 1. The molecular formula is C17H20N3O4S3+. The fourth-order valence-electron chi connectivity index (χ4n) is 2.80. The molecule has 1 aliphatic heterocycles. The fraction of sp³-hybridized carbons (Fsp3) is 0.294. The van der Waals surface area contributed by atoms with E-state index in [1.807, 2.05) is 54.3 Å². The maximum Gasteiger partial charge on any atom is 0.359 e. The van der Waals surface area contributed by atoms with Crippen LogP contribution in [-0.4, -0.2) is 42.6 Å². The van der Waals surface area contributed by atoms with E-state index in [0.717, 1.165) is 34.1 Å². The van der Waals surface area contributed by atoms with E-state index in [9.17, 15) is 13.2 Å². The van der Waals surface area contributed by atoms with Crippen molar-refractivity contribution in [2.75, 3.05) is 18.8 Å². The molecule has 2 N–H and O–H groups in total. The quantitative estimate of drug-likeness (QED) is 0.543. The maximum atomic E-state index is 12.0. The van der Waals surface area contributed by atoms with Gasteiger partial charge in [-0.15, -0.1) is 11.8 Å². The van der Waals surface area contributed by atoms with Gasteiger partial charge in [0.05, 0.1) is 5.03 Å². The van der Waals surface area contributed by atoms with Crippen molar-refractivity contribution in [1.82, 2.24) is 9.62 Å². The summed E-state index contributed by atoms with van der Waals surface area (Å²) in [5.41, 5.74) is 0.825. The van der Waals surface area contributed by atoms with Crippen molar-refractivity contribution in [3.8, 4) is 0 Å². The summed E-state index contributed by atoms with van der Waals surface area (Å²) >= 11 is 3.32. The number of nitrogens with zero attached hydrogens (tertiary/aromatic N) is 2. The highest BCUT2D eigenvalue weighted by atomic mass is 32.2. The van der Waals surface area contributed by atoms with Crippen LogP contribution in [0.5, 0.6) is 0 Å². The Bertz CT molecular complexity index is 1010. The second-order valence-electron chi connectivity index (χ2n) is 5.79. The second kappa shape index (κ2) is 8.42. The summed E-state index contributed by atoms with van der Waals surface area (Å²) in [5.74, 6) is 0.272. The lowest BCUT2D eigenvalue weighted by Gasteiger charge is -2.14. The zero-order valence-corrected chi connectivity index (χ0v) is 17.1. The number of amides is 1. The smallest absolute Gasteiger partial charge is 0.359 e. The Kier molecular flexibility index (Phi) is 6.20. The highest BCUT2D eigenvalue weighted by Gasteiger charge is 2.23. The minimum Gasteiger partial charge on any atom is -0.366 e. The summed E-state index contributed by atoms with van der Waals surface area (Å²) in [5, 5.41) is 2.02. The van der Waals surface area contributed by atoms with E-state index in [-0.39, 0.29) is 6.54 Å². The molecule has 1 aromatic heterocycles. The highest BCUT2D eigenvalue weighted by molar-refractivity contribution is 8.03. The molecule has 0 aliphatic carbocycles. The van der Waals surface area contributed by atoms with Gasteiger partial charge in [-0.2, -0.15) is 13.0 Å². The van der Waals surface area contributed by atoms with Crippen LogP contribution >= 0.6 is 23.1 Å². The number of thioether (sulfide) groups is 1. The first-order chi connectivity index (χ1) is 12.9. The molecule has 2 aromatic rings. The van der Waals surface area contributed by atoms with Crippen molar-refractivity contribution in [1.29, 1.82) is 0 Å². The van der Waals surface area contributed by atoms with Crippen molar-refractivity contribution in [3.63, 3.8) is 0 Å². The van der Waals surface area contributed by atoms with Crippen LogP contribution in [0.3, 0.4) is 0 Å². The molecule has 1 aromatic carbocycles. The Hall–Kier alpha value is -1.88. The van der Waals surface area contributed by atoms with Crippen molar-refractivity contribution in [2.24, 2.45) is 0 Å². The molecule has 1 saturated heterocycles. The fourth-order valence-corrected chi connectivity index (χ4v) is 5.33. The Morgan fingerprint density at radius 2 is 2.19 bits per heavy atom. The lowest BCUT2D eigenvalue weighted by Crippen LogP contribution is -2.45. The minimum absolute atomic E-state index is 0.212. The van der Waals surface area contributed by atoms with Gasteiger partial charge in [-0.1, -0.05) is 29.5 Å². The van der Waals surface area contributed by atoms with Gasteiger partial charge in [0, 0.05) is 31.0 Å². The number of carbonyl (C=O) groups is 1. The summed E-state index contributed by atoms with van der Waals surface area (Å²) < 4.78 is 34.9. The van der Waals surface area contributed by atoms with Crippen LogP contribution in [0.25, 0.3) is 16.3 Å². The molecule has 1 aliphatic rings. The van der Waals surface area contributed by atoms with Crippen LogP contribution < -0.4 is 9.29 Å². The first-order valence-corrected chi connectivity index (χ1v) is 11.6. The summed E-state index contributed by atoms with van der Waals surface area (Å²) in [6, 6.07) is 7.58. The number of nitrogens with one attached hydrogen (secondary N) is 1. The van der Waals surface area contributed by atoms with E-state index in [0.29, 0.717) is 0 Å². The minimum atomic E-state index is -4.58. The van der Waals surface area contributed by atoms with E-state index in [2.05, 4.69) is 11.8 Å². The van der Waals surface area contributed by atoms with Gasteiger partial charge < -0.3 is 4.90 Å². The number of allylic oxidation sites excluding steroid dienone is 2. The molecule has 0 atom stereocenters. The van der Waals surface area contributed by atoms with E-state index < -0.39 is 16.2 Å². The normalized spacial score (nSPS) is 16.7. The van der Waals surface area contributed by atoms with E-state index >= 15 is 0 Å². The number of hydrogen-bond donors (Lipinski definition) is 2. The van der Waals surface area contributed by atoms with Gasteiger partial charge in [-0.05, 0) is 19.1 Å². The van der Waals surface area contributed by atoms with Gasteiger partial charge >= 0.3 is 16.2 Å². The number of rotatable bonds is 6. The largest absolute Gasteiger partial charge is 0.366 e. The lowest BCUT2D eigenvalue weighted by molar-refractivity contribution is -0.655. The topological polar surface area (TPSA) is 90.6 Å². The van der Waals surface area contributed by atoms with Gasteiger partial charge in [-0.3, -0.25) is 9.35 Å². The van der Waals surface area contributed by atoms with Crippen molar-refractivity contribution in [3.05, 3.63) is 46.5 Å². The maximum absolute atomic E-state index is 12.0. The molecule has 144 valence electrons. The summed E-state index contributed by atoms with van der Waals surface area (Å²) in [7, 11) is -4.58. The predicted molar refractivity (Wildman–Crippen MR) is 109 cm³/mol. The summed E-state index contributed by atoms with van der Waals surface area (Å²) in [6.07, 6.45) is 5.90. The van der Waals surface area contributed by atoms with Crippen molar-refractivity contribution in [2.45, 2.75) is 13.5 Å². The Labute approximate surface area is 166 Å². The van der Waals surface area contributed by atoms with Crippen LogP contribution in [-0.2, 0) is 21.6 Å². The molecule has 2 heterocycles. The SMILES string of the molecule is CCN1CCS/C1=C\C=C\c1sc2ccccc2[n+]1CC(=O)NS(=O)(=O)O. The number of hydrogen-bond acceptors (Lipinski definition) is 6. The third-order valence-corrected chi connectivity index (χ3v) is 6.66. The van der Waals surface area contributed by atoms with E-state index in [4.69, 9.17) is 4.55 Å². The molecule has 27 heavy (non-hydrogen) atoms. The number of para-hydroxylation sites is 1. The monoisotopic (exact) mass is 426 g/mol. The number of carbonyl (C=O) groups excluding carboxylic acids is 1. The standard InChI is InChI=1S/C17H19N3O4S3/c1-2-19-10-11-25-16(19)8-5-9-17-20(12-15(21)18-27(22,23)24)13-6-3-4-7-14(13)26-17/h3-9H,2,10-12H2,1H3,(H-,18,21,22,23,24)/p+1. The van der Waals surface area contributed by atoms with Crippen LogP contribution in [0.4, 0.5) is 0 Å². The van der Waals surface area contributed by atoms with Gasteiger partial charge in [0.2, 0.25) is 12.1 Å². The van der Waals surface area contributed by atoms with Crippen LogP contribution in [0.1, 0.15) is 11.9 Å². The molecule has 1 amide bonds. The molecule has 0 saturated carbocycles. The first-order valence-electron chi connectivity index (χ1n) is 8.33. The third kappa shape index (κ3) is 5.10. The number of thiazole rings is 1. The van der Waals surface area contributed by atoms with E-state index in [1.54, 1.807) is 9.29 Å². The molecule has 0 spiro atoms. The van der Waals surface area contributed by atoms with Gasteiger partial charge in [-0.25, -0.2) is 4.72 Å². The molecule has 10 heteroatoms. The van der Waals surface area contributed by atoms with Crippen molar-refractivity contribution < 1.29 is 22.3 Å². The predicted octanol–water partition coefficient (Wildman–Crippen LogP) is 2.03. The molecule has 1 fully saturated rings. The number of aromatic nitrogens is 1. The molecule has 0 radical (unpaired) electrons. The average Bonchev–Trinajstić information content (AvgIpc) is 3.18. The zero-order valence-electron chi connectivity index (χ0n) is 14.7. The third-order valence-electron chi connectivity index (χ3n) is 3.96. The second-order valence-corrected chi connectivity index (χ2v) is 9.12. The lowest BCUT2D eigenvalue weighted by atomic mass is 10.3. The molecule has 0 unspecified atom stereocenters. The Balaban J connectivity index is 1.89. The Morgan fingerprint density at radius 3 is 2.93 bits per heavy atom. The highest BCUT2D eigenvalue weighted by Crippen LogP contribution is 2.27. The van der Waals surface area contributed by atoms with Gasteiger partial charge in [0.15, 0.2) is 0 Å². The van der Waals surface area contributed by atoms with Gasteiger partial charge in [0.1, 0.15) is 4.70 Å². The van der Waals surface area contributed by atoms with Crippen LogP contribution in [0.15, 0.2) is 41.4 Å². The molecular weight excluding hydrogens is 406 g/mol. The van der Waals surface area contributed by atoms with E-state index in [1.165, 1.54) is 16.4 Å². The molecule has 3 rings (SSSR count). The van der Waals surface area contributed by atoms with Crippen LogP contribution in [0.2, 0.25) is 0 Å². The first kappa shape index (κ1) is 19.9.